The van der Waals surface area contributed by atoms with Crippen LogP contribution in [0.3, 0.4) is 0 Å². The first-order valence-electron chi connectivity index (χ1n) is 4.46. The van der Waals surface area contributed by atoms with Crippen LogP contribution in [0.1, 0.15) is 0 Å². The fourth-order valence-corrected chi connectivity index (χ4v) is 1.66. The summed E-state index contributed by atoms with van der Waals surface area (Å²) in [6, 6.07) is 7.03. The number of nitrogens with zero attached hydrogens (tertiary/aromatic N) is 2. The van der Waals surface area contributed by atoms with Gasteiger partial charge in [-0.2, -0.15) is 4.98 Å². The predicted molar refractivity (Wildman–Crippen MR) is 68.9 cm³/mol. The maximum absolute atomic E-state index is 5.89. The molecule has 1 aromatic heterocycles. The van der Waals surface area contributed by atoms with Crippen LogP contribution in [0.15, 0.2) is 34.9 Å². The zero-order chi connectivity index (χ0) is 11.5. The summed E-state index contributed by atoms with van der Waals surface area (Å²) in [5.41, 5.74) is 6.34. The maximum atomic E-state index is 5.89. The molecule has 0 unspecified atom stereocenters. The average Bonchev–Trinajstić information content (AvgIpc) is 2.24. The van der Waals surface area contributed by atoms with Gasteiger partial charge in [-0.25, -0.2) is 4.98 Å². The molecule has 1 aromatic carbocycles. The van der Waals surface area contributed by atoms with Crippen LogP contribution in [-0.2, 0) is 0 Å². The van der Waals surface area contributed by atoms with E-state index in [1.807, 2.05) is 6.07 Å². The standard InChI is InChI=1S/C10H8BrClN4/c11-7-2-1-6(12)5-8(7)15-10-14-4-3-9(13)16-10/h1-5H,(H3,13,14,15,16). The van der Waals surface area contributed by atoms with Crippen LogP contribution in [0.25, 0.3) is 0 Å². The number of anilines is 3. The molecule has 1 heterocycles. The van der Waals surface area contributed by atoms with E-state index in [1.54, 1.807) is 24.4 Å². The Morgan fingerprint density at radius 3 is 2.88 bits per heavy atom. The Kier molecular flexibility index (Phi) is 3.26. The molecule has 2 rings (SSSR count). The van der Waals surface area contributed by atoms with Gasteiger partial charge in [-0.3, -0.25) is 0 Å². The monoisotopic (exact) mass is 298 g/mol. The number of nitrogens with two attached hydrogens (primary N) is 1. The molecule has 0 aliphatic carbocycles. The van der Waals surface area contributed by atoms with Gasteiger partial charge < -0.3 is 11.1 Å². The molecule has 4 nitrogen and oxygen atoms in total. The van der Waals surface area contributed by atoms with Crippen molar-refractivity contribution in [3.8, 4) is 0 Å². The molecule has 0 saturated heterocycles. The molecule has 6 heteroatoms. The lowest BCUT2D eigenvalue weighted by molar-refractivity contribution is 1.17. The highest BCUT2D eigenvalue weighted by Gasteiger charge is 2.03. The second kappa shape index (κ2) is 4.67. The third-order valence-electron chi connectivity index (χ3n) is 1.85. The average molecular weight is 300 g/mol. The van der Waals surface area contributed by atoms with E-state index >= 15 is 0 Å². The first kappa shape index (κ1) is 11.2. The van der Waals surface area contributed by atoms with Crippen molar-refractivity contribution < 1.29 is 0 Å². The van der Waals surface area contributed by atoms with Crippen molar-refractivity contribution in [2.45, 2.75) is 0 Å². The third-order valence-corrected chi connectivity index (χ3v) is 2.78. The number of hydrogen-bond acceptors (Lipinski definition) is 4. The Balaban J connectivity index is 2.30. The second-order valence-electron chi connectivity index (χ2n) is 3.05. The van der Waals surface area contributed by atoms with Crippen LogP contribution in [0.5, 0.6) is 0 Å². The fraction of sp³-hybridized carbons (Fsp3) is 0. The van der Waals surface area contributed by atoms with Gasteiger partial charge in [0.15, 0.2) is 0 Å². The van der Waals surface area contributed by atoms with Gasteiger partial charge in [-0.05, 0) is 40.2 Å². The fourth-order valence-electron chi connectivity index (χ4n) is 1.15. The van der Waals surface area contributed by atoms with Crippen LogP contribution in [0.2, 0.25) is 5.02 Å². The van der Waals surface area contributed by atoms with E-state index in [0.717, 1.165) is 10.2 Å². The highest BCUT2D eigenvalue weighted by molar-refractivity contribution is 9.10. The molecular formula is C10H8BrClN4. The summed E-state index contributed by atoms with van der Waals surface area (Å²) in [7, 11) is 0. The molecule has 0 amide bonds. The van der Waals surface area contributed by atoms with Crippen molar-refractivity contribution in [2.75, 3.05) is 11.1 Å². The summed E-state index contributed by atoms with van der Waals surface area (Å²) in [5, 5.41) is 3.65. The van der Waals surface area contributed by atoms with E-state index in [4.69, 9.17) is 17.3 Å². The molecule has 0 bridgehead atoms. The summed E-state index contributed by atoms with van der Waals surface area (Å²) in [6.07, 6.45) is 1.59. The summed E-state index contributed by atoms with van der Waals surface area (Å²) >= 11 is 9.29. The van der Waals surface area contributed by atoms with Crippen molar-refractivity contribution in [1.29, 1.82) is 0 Å². The van der Waals surface area contributed by atoms with Crippen LogP contribution in [0, 0.1) is 0 Å². The van der Waals surface area contributed by atoms with Gasteiger partial charge in [0.25, 0.3) is 0 Å². The molecule has 0 aliphatic heterocycles. The van der Waals surface area contributed by atoms with E-state index in [1.165, 1.54) is 0 Å². The lowest BCUT2D eigenvalue weighted by Gasteiger charge is -2.07. The molecule has 16 heavy (non-hydrogen) atoms. The SMILES string of the molecule is Nc1ccnc(Nc2cc(Cl)ccc2Br)n1. The molecule has 0 fully saturated rings. The number of nitrogens with one attached hydrogen (secondary N) is 1. The van der Waals surface area contributed by atoms with Gasteiger partial charge in [0.2, 0.25) is 5.95 Å². The van der Waals surface area contributed by atoms with Crippen LogP contribution >= 0.6 is 27.5 Å². The largest absolute Gasteiger partial charge is 0.384 e. The highest BCUT2D eigenvalue weighted by Crippen LogP contribution is 2.27. The smallest absolute Gasteiger partial charge is 0.229 e. The molecular weight excluding hydrogens is 291 g/mol. The van der Waals surface area contributed by atoms with Gasteiger partial charge in [0.1, 0.15) is 5.82 Å². The quantitative estimate of drug-likeness (QED) is 0.893. The van der Waals surface area contributed by atoms with E-state index in [9.17, 15) is 0 Å². The number of benzene rings is 1. The minimum absolute atomic E-state index is 0.413. The van der Waals surface area contributed by atoms with Crippen LogP contribution in [-0.4, -0.2) is 9.97 Å². The lowest BCUT2D eigenvalue weighted by Crippen LogP contribution is -1.99. The summed E-state index contributed by atoms with van der Waals surface area (Å²) in [4.78, 5) is 8.07. The minimum Gasteiger partial charge on any atom is -0.384 e. The normalized spacial score (nSPS) is 10.1. The Morgan fingerprint density at radius 1 is 1.31 bits per heavy atom. The van der Waals surface area contributed by atoms with Crippen molar-refractivity contribution in [1.82, 2.24) is 9.97 Å². The Morgan fingerprint density at radius 2 is 2.12 bits per heavy atom. The number of aromatic nitrogens is 2. The highest BCUT2D eigenvalue weighted by atomic mass is 79.9. The molecule has 0 radical (unpaired) electrons. The first-order chi connectivity index (χ1) is 7.65. The van der Waals surface area contributed by atoms with Gasteiger partial charge in [-0.15, -0.1) is 0 Å². The molecule has 2 aromatic rings. The van der Waals surface area contributed by atoms with Crippen LogP contribution in [0.4, 0.5) is 17.5 Å². The van der Waals surface area contributed by atoms with E-state index in [-0.39, 0.29) is 0 Å². The summed E-state index contributed by atoms with van der Waals surface area (Å²) in [6.45, 7) is 0. The van der Waals surface area contributed by atoms with E-state index in [2.05, 4.69) is 31.2 Å². The number of hydrogen-bond donors (Lipinski definition) is 2. The lowest BCUT2D eigenvalue weighted by atomic mass is 10.3. The number of rotatable bonds is 2. The zero-order valence-electron chi connectivity index (χ0n) is 8.11. The second-order valence-corrected chi connectivity index (χ2v) is 4.35. The molecule has 82 valence electrons. The van der Waals surface area contributed by atoms with Crippen molar-refractivity contribution >= 4 is 45.0 Å². The first-order valence-corrected chi connectivity index (χ1v) is 5.63. The summed E-state index contributed by atoms with van der Waals surface area (Å²) in [5.74, 6) is 0.846. The van der Waals surface area contributed by atoms with Crippen molar-refractivity contribution in [2.24, 2.45) is 0 Å². The Hall–Kier alpha value is -1.33. The van der Waals surface area contributed by atoms with Gasteiger partial charge in [0.05, 0.1) is 5.69 Å². The maximum Gasteiger partial charge on any atom is 0.229 e. The van der Waals surface area contributed by atoms with Gasteiger partial charge in [-0.1, -0.05) is 11.6 Å². The molecule has 0 aliphatic rings. The zero-order valence-corrected chi connectivity index (χ0v) is 10.5. The molecule has 0 saturated carbocycles. The number of nitrogen functional groups attached to an aromatic ring is 1. The molecule has 0 atom stereocenters. The summed E-state index contributed by atoms with van der Waals surface area (Å²) < 4.78 is 0.878. The molecule has 0 spiro atoms. The Bertz CT molecular complexity index is 518. The van der Waals surface area contributed by atoms with Gasteiger partial charge >= 0.3 is 0 Å². The molecule has 3 N–H and O–H groups in total. The van der Waals surface area contributed by atoms with E-state index < -0.39 is 0 Å². The third kappa shape index (κ3) is 2.62. The predicted octanol–water partition coefficient (Wildman–Crippen LogP) is 3.22. The van der Waals surface area contributed by atoms with Gasteiger partial charge in [0, 0.05) is 15.7 Å². The topological polar surface area (TPSA) is 63.8 Å². The van der Waals surface area contributed by atoms with E-state index in [0.29, 0.717) is 16.8 Å². The van der Waals surface area contributed by atoms with Crippen molar-refractivity contribution in [3.05, 3.63) is 40.0 Å². The van der Waals surface area contributed by atoms with Crippen molar-refractivity contribution in [3.63, 3.8) is 0 Å². The minimum atomic E-state index is 0.413. The van der Waals surface area contributed by atoms with Crippen LogP contribution < -0.4 is 11.1 Å². The number of halogens is 2. The Labute approximate surface area is 106 Å².